The average Bonchev–Trinajstić information content (AvgIpc) is 2.92. The molecule has 0 saturated carbocycles. The van der Waals surface area contributed by atoms with Crippen LogP contribution >= 0.6 is 0 Å². The van der Waals surface area contributed by atoms with E-state index in [2.05, 4.69) is 16.9 Å². The number of allylic oxidation sites excluding steroid dienone is 7. The number of halogens is 3. The molecular formula is C29H40F3N7O2. The van der Waals surface area contributed by atoms with E-state index in [4.69, 9.17) is 16.3 Å². The Morgan fingerprint density at radius 3 is 2.49 bits per heavy atom. The van der Waals surface area contributed by atoms with Gasteiger partial charge in [0, 0.05) is 92.9 Å². The second-order valence-electron chi connectivity index (χ2n) is 10.4. The number of hydrogen-bond acceptors (Lipinski definition) is 8. The number of aliphatic imine (C=N–C) groups is 1. The summed E-state index contributed by atoms with van der Waals surface area (Å²) < 4.78 is 46.7. The van der Waals surface area contributed by atoms with Crippen molar-refractivity contribution in [3.05, 3.63) is 82.3 Å². The number of hydrogen-bond donors (Lipinski definition) is 3. The molecular weight excluding hydrogens is 535 g/mol. The number of morpholine rings is 1. The molecule has 0 bridgehead atoms. The monoisotopic (exact) mass is 575 g/mol. The van der Waals surface area contributed by atoms with Crippen molar-refractivity contribution in [1.29, 1.82) is 0 Å². The first-order valence-corrected chi connectivity index (χ1v) is 13.3. The van der Waals surface area contributed by atoms with Crippen LogP contribution in [0.5, 0.6) is 0 Å². The summed E-state index contributed by atoms with van der Waals surface area (Å²) in [6.07, 6.45) is 4.39. The molecule has 0 aromatic heterocycles. The highest BCUT2D eigenvalue weighted by Crippen LogP contribution is 2.37. The van der Waals surface area contributed by atoms with E-state index in [0.717, 1.165) is 11.8 Å². The molecule has 1 amide bonds. The molecule has 2 unspecified atom stereocenters. The summed E-state index contributed by atoms with van der Waals surface area (Å²) in [5, 5.41) is 3.99. The molecule has 3 rings (SSSR count). The minimum Gasteiger partial charge on any atom is -0.397 e. The van der Waals surface area contributed by atoms with E-state index in [1.165, 1.54) is 11.2 Å². The lowest BCUT2D eigenvalue weighted by Gasteiger charge is -2.35. The molecule has 0 radical (unpaired) electrons. The number of nitrogens with one attached hydrogen (secondary N) is 1. The molecule has 0 aromatic carbocycles. The number of rotatable bonds is 8. The minimum atomic E-state index is -4.45. The summed E-state index contributed by atoms with van der Waals surface area (Å²) in [7, 11) is 5.41. The Morgan fingerprint density at radius 2 is 1.90 bits per heavy atom. The molecule has 41 heavy (non-hydrogen) atoms. The third-order valence-corrected chi connectivity index (χ3v) is 7.34. The number of alkyl halides is 3. The quantitative estimate of drug-likeness (QED) is 0.176. The number of nitrogens with two attached hydrogens (primary N) is 2. The third-order valence-electron chi connectivity index (χ3n) is 7.34. The molecule has 224 valence electrons. The minimum absolute atomic E-state index is 0.0895. The smallest absolute Gasteiger partial charge is 0.395 e. The SMILES string of the molecule is C=C1C=C(C(=O)NC2=CC(C(F)(F)F)CC(N3CCOCC3)=C2)C=C(N(N)/C=C(N)/C(/C=N\C)=C(\C)N(C)C)C1C. The Labute approximate surface area is 239 Å². The molecule has 1 aliphatic heterocycles. The second kappa shape index (κ2) is 13.3. The highest BCUT2D eigenvalue weighted by molar-refractivity contribution is 5.98. The molecule has 9 nitrogen and oxygen atoms in total. The molecule has 2 atom stereocenters. The first-order chi connectivity index (χ1) is 19.2. The van der Waals surface area contributed by atoms with E-state index >= 15 is 0 Å². The van der Waals surface area contributed by atoms with E-state index in [9.17, 15) is 18.0 Å². The Kier molecular flexibility index (Phi) is 10.3. The molecule has 1 fully saturated rings. The Hall–Kier alpha value is -3.77. The number of ether oxygens (including phenoxy) is 1. The van der Waals surface area contributed by atoms with Gasteiger partial charge in [0.25, 0.3) is 5.91 Å². The number of carbonyl (C=O) groups is 1. The fourth-order valence-electron chi connectivity index (χ4n) is 4.66. The molecule has 12 heteroatoms. The van der Waals surface area contributed by atoms with Gasteiger partial charge in [0.15, 0.2) is 0 Å². The first-order valence-electron chi connectivity index (χ1n) is 13.3. The summed E-state index contributed by atoms with van der Waals surface area (Å²) in [6.45, 7) is 9.69. The Bertz CT molecular complexity index is 1250. The third kappa shape index (κ3) is 7.92. The van der Waals surface area contributed by atoms with Crippen molar-refractivity contribution in [2.75, 3.05) is 47.4 Å². The lowest BCUT2D eigenvalue weighted by atomic mass is 9.89. The topological polar surface area (TPSA) is 112 Å². The maximum absolute atomic E-state index is 13.8. The highest BCUT2D eigenvalue weighted by Gasteiger charge is 2.41. The lowest BCUT2D eigenvalue weighted by molar-refractivity contribution is -0.162. The van der Waals surface area contributed by atoms with Gasteiger partial charge >= 0.3 is 6.18 Å². The standard InChI is InChI=1S/C29H40F3N7O2/c1-18-11-21(12-27(19(18)2)39(34)17-26(33)25(16-35-4)20(3)37(5)6)28(40)36-23-13-22(29(30,31)32)14-24(15-23)38-7-9-41-10-8-38/h11-13,15-17,19,22H,1,7-10,14,33-34H2,2-6H3,(H,36,40)/b25-20+,26-17-,35-16-. The summed E-state index contributed by atoms with van der Waals surface area (Å²) in [5.74, 6) is 3.85. The fourth-order valence-corrected chi connectivity index (χ4v) is 4.66. The first kappa shape index (κ1) is 31.8. The predicted octanol–water partition coefficient (Wildman–Crippen LogP) is 3.31. The van der Waals surface area contributed by atoms with Crippen LogP contribution in [0, 0.1) is 11.8 Å². The summed E-state index contributed by atoms with van der Waals surface area (Å²) in [4.78, 5) is 21.2. The van der Waals surface area contributed by atoms with Crippen LogP contribution < -0.4 is 16.9 Å². The Balaban J connectivity index is 1.89. The maximum Gasteiger partial charge on any atom is 0.395 e. The highest BCUT2D eigenvalue weighted by atomic mass is 19.4. The zero-order valence-electron chi connectivity index (χ0n) is 24.3. The van der Waals surface area contributed by atoms with Gasteiger partial charge in [-0.05, 0) is 36.8 Å². The number of amides is 1. The van der Waals surface area contributed by atoms with Crippen molar-refractivity contribution in [1.82, 2.24) is 20.1 Å². The van der Waals surface area contributed by atoms with Crippen LogP contribution in [0.3, 0.4) is 0 Å². The van der Waals surface area contributed by atoms with Gasteiger partial charge < -0.3 is 25.6 Å². The van der Waals surface area contributed by atoms with Crippen LogP contribution in [0.2, 0.25) is 0 Å². The zero-order chi connectivity index (χ0) is 30.5. The van der Waals surface area contributed by atoms with E-state index in [1.807, 2.05) is 37.7 Å². The number of hydrazine groups is 1. The molecule has 2 aliphatic carbocycles. The van der Waals surface area contributed by atoms with Gasteiger partial charge in [0.2, 0.25) is 0 Å². The van der Waals surface area contributed by atoms with Gasteiger partial charge in [-0.25, -0.2) is 5.84 Å². The van der Waals surface area contributed by atoms with Crippen molar-refractivity contribution in [2.24, 2.45) is 28.4 Å². The van der Waals surface area contributed by atoms with Gasteiger partial charge in [-0.2, -0.15) is 13.2 Å². The van der Waals surface area contributed by atoms with Gasteiger partial charge in [0.1, 0.15) is 0 Å². The largest absolute Gasteiger partial charge is 0.397 e. The second-order valence-corrected chi connectivity index (χ2v) is 10.4. The molecule has 1 saturated heterocycles. The van der Waals surface area contributed by atoms with Crippen molar-refractivity contribution in [2.45, 2.75) is 26.4 Å². The van der Waals surface area contributed by atoms with Crippen LogP contribution in [0.4, 0.5) is 13.2 Å². The van der Waals surface area contributed by atoms with Crippen LogP contribution in [0.1, 0.15) is 20.3 Å². The lowest BCUT2D eigenvalue weighted by Crippen LogP contribution is -2.39. The normalized spacial score (nSPS) is 22.9. The molecule has 3 aliphatic rings. The summed E-state index contributed by atoms with van der Waals surface area (Å²) in [6, 6.07) is 0. The van der Waals surface area contributed by atoms with Crippen LogP contribution in [0.25, 0.3) is 0 Å². The van der Waals surface area contributed by atoms with Crippen molar-refractivity contribution in [3.8, 4) is 0 Å². The van der Waals surface area contributed by atoms with Gasteiger partial charge in [-0.3, -0.25) is 14.8 Å². The molecule has 5 N–H and O–H groups in total. The summed E-state index contributed by atoms with van der Waals surface area (Å²) in [5.41, 5.74) is 10.2. The van der Waals surface area contributed by atoms with Gasteiger partial charge in [0.05, 0.1) is 24.8 Å². The molecule has 1 heterocycles. The Morgan fingerprint density at radius 1 is 1.24 bits per heavy atom. The number of nitrogens with zero attached hydrogens (tertiary/aromatic N) is 4. The fraction of sp³-hybridized carbons (Fsp3) is 0.448. The van der Waals surface area contributed by atoms with E-state index in [-0.39, 0.29) is 23.6 Å². The van der Waals surface area contributed by atoms with E-state index in [1.54, 1.807) is 31.5 Å². The van der Waals surface area contributed by atoms with Crippen molar-refractivity contribution < 1.29 is 22.7 Å². The summed E-state index contributed by atoms with van der Waals surface area (Å²) >= 11 is 0. The van der Waals surface area contributed by atoms with Crippen molar-refractivity contribution >= 4 is 12.1 Å². The predicted molar refractivity (Wildman–Crippen MR) is 154 cm³/mol. The van der Waals surface area contributed by atoms with Crippen LogP contribution in [-0.2, 0) is 9.53 Å². The van der Waals surface area contributed by atoms with Gasteiger partial charge in [-0.15, -0.1) is 0 Å². The van der Waals surface area contributed by atoms with Gasteiger partial charge in [-0.1, -0.05) is 13.5 Å². The van der Waals surface area contributed by atoms with Crippen LogP contribution in [-0.4, -0.2) is 80.6 Å². The van der Waals surface area contributed by atoms with Crippen molar-refractivity contribution in [3.63, 3.8) is 0 Å². The van der Waals surface area contributed by atoms with Crippen LogP contribution in [0.15, 0.2) is 87.3 Å². The molecule has 0 spiro atoms. The number of carbonyl (C=O) groups excluding carboxylic acids is 1. The maximum atomic E-state index is 13.8. The van der Waals surface area contributed by atoms with E-state index < -0.39 is 18.0 Å². The average molecular weight is 576 g/mol. The zero-order valence-corrected chi connectivity index (χ0v) is 24.3. The van der Waals surface area contributed by atoms with E-state index in [0.29, 0.717) is 54.5 Å². The molecule has 0 aromatic rings.